The molecule has 120 valence electrons. The van der Waals surface area contributed by atoms with Crippen LogP contribution in [-0.4, -0.2) is 26.0 Å². The van der Waals surface area contributed by atoms with Crippen molar-refractivity contribution in [3.8, 4) is 0 Å². The summed E-state index contributed by atoms with van der Waals surface area (Å²) in [6, 6.07) is 6.45. The van der Waals surface area contributed by atoms with Gasteiger partial charge in [-0.2, -0.15) is 0 Å². The van der Waals surface area contributed by atoms with E-state index in [1.54, 1.807) is 26.0 Å². The van der Waals surface area contributed by atoms with Crippen LogP contribution in [0.3, 0.4) is 0 Å². The van der Waals surface area contributed by atoms with Crippen molar-refractivity contribution in [3.05, 3.63) is 35.6 Å². The highest BCUT2D eigenvalue weighted by atomic mass is 32.2. The van der Waals surface area contributed by atoms with Crippen molar-refractivity contribution < 1.29 is 12.8 Å². The van der Waals surface area contributed by atoms with Crippen molar-refractivity contribution in [2.45, 2.75) is 50.8 Å². The first-order chi connectivity index (χ1) is 9.67. The van der Waals surface area contributed by atoms with Gasteiger partial charge >= 0.3 is 0 Å². The molecular weight excluding hydrogens is 289 g/mol. The Balaban J connectivity index is 2.82. The number of halogens is 1. The third kappa shape index (κ3) is 5.40. The summed E-state index contributed by atoms with van der Waals surface area (Å²) in [6.07, 6.45) is 4.26. The predicted molar refractivity (Wildman–Crippen MR) is 85.6 cm³/mol. The summed E-state index contributed by atoms with van der Waals surface area (Å²) in [5.41, 5.74) is 0.995. The number of rotatable bonds is 8. The summed E-state index contributed by atoms with van der Waals surface area (Å²) in [7, 11) is -3.13. The van der Waals surface area contributed by atoms with Gasteiger partial charge in [0.25, 0.3) is 0 Å². The molecule has 1 N–H and O–H groups in total. The van der Waals surface area contributed by atoms with E-state index >= 15 is 0 Å². The first-order valence-corrected chi connectivity index (χ1v) is 9.25. The molecule has 0 aromatic heterocycles. The highest BCUT2D eigenvalue weighted by molar-refractivity contribution is 7.92. The van der Waals surface area contributed by atoms with Crippen LogP contribution in [0.5, 0.6) is 0 Å². The van der Waals surface area contributed by atoms with E-state index in [1.807, 2.05) is 0 Å². The minimum Gasteiger partial charge on any atom is -0.308 e. The fourth-order valence-electron chi connectivity index (χ4n) is 1.99. The lowest BCUT2D eigenvalue weighted by Gasteiger charge is -2.27. The molecule has 0 aliphatic heterocycles. The van der Waals surface area contributed by atoms with Crippen LogP contribution in [0.4, 0.5) is 4.39 Å². The highest BCUT2D eigenvalue weighted by Crippen LogP contribution is 2.22. The number of hydrogen-bond donors (Lipinski definition) is 1. The molecule has 1 atom stereocenters. The quantitative estimate of drug-likeness (QED) is 0.799. The molecule has 0 amide bonds. The van der Waals surface area contributed by atoms with Gasteiger partial charge in [0.05, 0.1) is 4.75 Å². The molecule has 0 aliphatic carbocycles. The number of hydrogen-bond acceptors (Lipinski definition) is 3. The molecule has 21 heavy (non-hydrogen) atoms. The van der Waals surface area contributed by atoms with Gasteiger partial charge in [0, 0.05) is 18.8 Å². The van der Waals surface area contributed by atoms with E-state index in [4.69, 9.17) is 0 Å². The third-order valence-electron chi connectivity index (χ3n) is 3.90. The average Bonchev–Trinajstić information content (AvgIpc) is 2.39. The second kappa shape index (κ2) is 7.36. The summed E-state index contributed by atoms with van der Waals surface area (Å²) < 4.78 is 35.8. The normalized spacial score (nSPS) is 14.1. The van der Waals surface area contributed by atoms with Crippen molar-refractivity contribution in [1.82, 2.24) is 5.32 Å². The van der Waals surface area contributed by atoms with Crippen LogP contribution in [0.25, 0.3) is 0 Å². The molecule has 1 rings (SSSR count). The Hall–Kier alpha value is -0.940. The smallest absolute Gasteiger partial charge is 0.153 e. The van der Waals surface area contributed by atoms with Gasteiger partial charge in [-0.3, -0.25) is 0 Å². The molecule has 0 spiro atoms. The summed E-state index contributed by atoms with van der Waals surface area (Å²) in [6.45, 7) is 5.92. The van der Waals surface area contributed by atoms with Crippen molar-refractivity contribution in [2.75, 3.05) is 12.8 Å². The van der Waals surface area contributed by atoms with Crippen LogP contribution < -0.4 is 5.32 Å². The highest BCUT2D eigenvalue weighted by Gasteiger charge is 2.30. The Bertz CT molecular complexity index is 538. The molecule has 0 radical (unpaired) electrons. The first-order valence-electron chi connectivity index (χ1n) is 7.36. The lowest BCUT2D eigenvalue weighted by Crippen LogP contribution is -2.42. The Labute approximate surface area is 127 Å². The monoisotopic (exact) mass is 315 g/mol. The molecule has 0 heterocycles. The standard InChI is InChI=1S/C16H26FNO2S/c1-5-6-7-15(13-8-10-14(17)11-9-13)18-12-16(2,3)21(4,19)20/h8-11,15,18H,5-7,12H2,1-4H3. The van der Waals surface area contributed by atoms with Crippen LogP contribution in [0.1, 0.15) is 51.6 Å². The second-order valence-electron chi connectivity index (χ2n) is 6.16. The molecule has 0 saturated carbocycles. The number of nitrogens with one attached hydrogen (secondary N) is 1. The average molecular weight is 315 g/mol. The molecule has 0 fully saturated rings. The Kier molecular flexibility index (Phi) is 6.35. The zero-order valence-corrected chi connectivity index (χ0v) is 14.1. The molecule has 1 aromatic rings. The molecule has 0 bridgehead atoms. The second-order valence-corrected chi connectivity index (χ2v) is 8.81. The third-order valence-corrected chi connectivity index (χ3v) is 6.05. The predicted octanol–water partition coefficient (Wildman–Crippen LogP) is 3.47. The van der Waals surface area contributed by atoms with Gasteiger partial charge in [0.1, 0.15) is 5.82 Å². The van der Waals surface area contributed by atoms with E-state index in [0.29, 0.717) is 6.54 Å². The van der Waals surface area contributed by atoms with Gasteiger partial charge < -0.3 is 5.32 Å². The van der Waals surface area contributed by atoms with Gasteiger partial charge in [0.15, 0.2) is 9.84 Å². The maximum atomic E-state index is 13.0. The molecular formula is C16H26FNO2S. The van der Waals surface area contributed by atoms with Gasteiger partial charge in [-0.05, 0) is 38.0 Å². The van der Waals surface area contributed by atoms with Crippen LogP contribution in [-0.2, 0) is 9.84 Å². The number of sulfone groups is 1. The summed E-state index contributed by atoms with van der Waals surface area (Å²) in [4.78, 5) is 0. The maximum absolute atomic E-state index is 13.0. The minimum atomic E-state index is -3.13. The van der Waals surface area contributed by atoms with E-state index in [1.165, 1.54) is 18.4 Å². The van der Waals surface area contributed by atoms with E-state index in [0.717, 1.165) is 24.8 Å². The van der Waals surface area contributed by atoms with Crippen LogP contribution >= 0.6 is 0 Å². The van der Waals surface area contributed by atoms with Crippen molar-refractivity contribution >= 4 is 9.84 Å². The Morgan fingerprint density at radius 1 is 1.24 bits per heavy atom. The Morgan fingerprint density at radius 3 is 2.29 bits per heavy atom. The van der Waals surface area contributed by atoms with E-state index in [9.17, 15) is 12.8 Å². The van der Waals surface area contributed by atoms with Crippen LogP contribution in [0.15, 0.2) is 24.3 Å². The molecule has 3 nitrogen and oxygen atoms in total. The summed E-state index contributed by atoms with van der Waals surface area (Å²) >= 11 is 0. The first kappa shape index (κ1) is 18.1. The van der Waals surface area contributed by atoms with Crippen molar-refractivity contribution in [3.63, 3.8) is 0 Å². The number of unbranched alkanes of at least 4 members (excludes halogenated alkanes) is 1. The van der Waals surface area contributed by atoms with Crippen molar-refractivity contribution in [1.29, 1.82) is 0 Å². The largest absolute Gasteiger partial charge is 0.308 e. The van der Waals surface area contributed by atoms with Gasteiger partial charge in [-0.15, -0.1) is 0 Å². The van der Waals surface area contributed by atoms with Crippen LogP contribution in [0.2, 0.25) is 0 Å². The van der Waals surface area contributed by atoms with Crippen molar-refractivity contribution in [2.24, 2.45) is 0 Å². The fraction of sp³-hybridized carbons (Fsp3) is 0.625. The molecule has 1 unspecified atom stereocenters. The zero-order chi connectivity index (χ0) is 16.1. The summed E-state index contributed by atoms with van der Waals surface area (Å²) in [5.74, 6) is -0.260. The van der Waals surface area contributed by atoms with Crippen LogP contribution in [0, 0.1) is 5.82 Å². The molecule has 1 aromatic carbocycles. The minimum absolute atomic E-state index is 0.0478. The summed E-state index contributed by atoms with van der Waals surface area (Å²) in [5, 5.41) is 3.34. The topological polar surface area (TPSA) is 46.2 Å². The van der Waals surface area contributed by atoms with E-state index < -0.39 is 14.6 Å². The lowest BCUT2D eigenvalue weighted by molar-refractivity contribution is 0.443. The molecule has 5 heteroatoms. The lowest BCUT2D eigenvalue weighted by atomic mass is 10.0. The molecule has 0 aliphatic rings. The van der Waals surface area contributed by atoms with Gasteiger partial charge in [-0.1, -0.05) is 31.9 Å². The number of benzene rings is 1. The molecule has 0 saturated heterocycles. The Morgan fingerprint density at radius 2 is 1.81 bits per heavy atom. The van der Waals surface area contributed by atoms with E-state index in [-0.39, 0.29) is 11.9 Å². The maximum Gasteiger partial charge on any atom is 0.153 e. The van der Waals surface area contributed by atoms with Gasteiger partial charge in [-0.25, -0.2) is 12.8 Å². The van der Waals surface area contributed by atoms with E-state index in [2.05, 4.69) is 12.2 Å². The SMILES string of the molecule is CCCCC(NCC(C)(C)S(C)(=O)=O)c1ccc(F)cc1. The fourth-order valence-corrected chi connectivity index (χ4v) is 2.34. The van der Waals surface area contributed by atoms with Gasteiger partial charge in [0.2, 0.25) is 0 Å². The zero-order valence-electron chi connectivity index (χ0n) is 13.3.